The Morgan fingerprint density at radius 3 is 2.46 bits per heavy atom. The van der Waals surface area contributed by atoms with E-state index in [-0.39, 0.29) is 6.54 Å². The van der Waals surface area contributed by atoms with Crippen LogP contribution >= 0.6 is 0 Å². The molecule has 0 spiro atoms. The molecule has 1 heterocycles. The van der Waals surface area contributed by atoms with Crippen molar-refractivity contribution in [2.24, 2.45) is 0 Å². The number of benzene rings is 2. The number of amides is 1. The Kier molecular flexibility index (Phi) is 4.94. The summed E-state index contributed by atoms with van der Waals surface area (Å²) in [5, 5.41) is 0. The average Bonchev–Trinajstić information content (AvgIpc) is 2.77. The van der Waals surface area contributed by atoms with Gasteiger partial charge in [-0.2, -0.15) is 13.2 Å². The fourth-order valence-electron chi connectivity index (χ4n) is 3.46. The Bertz CT molecular complexity index is 803. The number of halogens is 3. The van der Waals surface area contributed by atoms with Crippen LogP contribution in [-0.2, 0) is 17.6 Å². The molecule has 0 radical (unpaired) electrons. The standard InChI is InChI=1S/C20H20F3NO2/c1-13-10-16-11-17(14-6-4-3-5-7-14)18(26-2)12-15(16)8-9-24(13)19(25)20(21,22)23/h3-7,11-13H,8-10H2,1-2H3. The number of ether oxygens (including phenoxy) is 1. The lowest BCUT2D eigenvalue weighted by Crippen LogP contribution is -2.46. The molecule has 1 unspecified atom stereocenters. The van der Waals surface area contributed by atoms with Crippen LogP contribution in [0.2, 0.25) is 0 Å². The molecule has 138 valence electrons. The molecule has 1 aliphatic heterocycles. The van der Waals surface area contributed by atoms with E-state index >= 15 is 0 Å². The van der Waals surface area contributed by atoms with Gasteiger partial charge in [0.1, 0.15) is 5.75 Å². The fraction of sp³-hybridized carbons (Fsp3) is 0.350. The number of alkyl halides is 3. The topological polar surface area (TPSA) is 29.5 Å². The molecule has 3 nitrogen and oxygen atoms in total. The third-order valence-corrected chi connectivity index (χ3v) is 4.78. The fourth-order valence-corrected chi connectivity index (χ4v) is 3.46. The van der Waals surface area contributed by atoms with Crippen LogP contribution in [0.3, 0.4) is 0 Å². The second-order valence-electron chi connectivity index (χ2n) is 6.49. The molecule has 0 aromatic heterocycles. The SMILES string of the molecule is COc1cc2c(cc1-c1ccccc1)CC(C)N(C(=O)C(F)(F)F)CC2. The smallest absolute Gasteiger partial charge is 0.471 e. The van der Waals surface area contributed by atoms with Crippen molar-refractivity contribution in [2.45, 2.75) is 32.0 Å². The highest BCUT2D eigenvalue weighted by Crippen LogP contribution is 2.35. The van der Waals surface area contributed by atoms with Gasteiger partial charge in [0.05, 0.1) is 7.11 Å². The third kappa shape index (κ3) is 3.54. The number of hydrogen-bond acceptors (Lipinski definition) is 2. The van der Waals surface area contributed by atoms with Gasteiger partial charge in [-0.05, 0) is 48.6 Å². The zero-order valence-corrected chi connectivity index (χ0v) is 14.6. The van der Waals surface area contributed by atoms with Gasteiger partial charge in [0, 0.05) is 18.2 Å². The van der Waals surface area contributed by atoms with E-state index in [9.17, 15) is 18.0 Å². The van der Waals surface area contributed by atoms with Gasteiger partial charge in [0.25, 0.3) is 0 Å². The average molecular weight is 363 g/mol. The van der Waals surface area contributed by atoms with Crippen LogP contribution in [0.25, 0.3) is 11.1 Å². The first-order valence-corrected chi connectivity index (χ1v) is 8.44. The second-order valence-corrected chi connectivity index (χ2v) is 6.49. The highest BCUT2D eigenvalue weighted by atomic mass is 19.4. The molecule has 0 bridgehead atoms. The first kappa shape index (κ1) is 18.3. The van der Waals surface area contributed by atoms with Gasteiger partial charge in [-0.1, -0.05) is 30.3 Å². The largest absolute Gasteiger partial charge is 0.496 e. The summed E-state index contributed by atoms with van der Waals surface area (Å²) >= 11 is 0. The summed E-state index contributed by atoms with van der Waals surface area (Å²) < 4.78 is 44.1. The molecule has 1 aliphatic rings. The minimum Gasteiger partial charge on any atom is -0.496 e. The van der Waals surface area contributed by atoms with E-state index in [1.165, 1.54) is 0 Å². The second kappa shape index (κ2) is 7.02. The Hall–Kier alpha value is -2.50. The highest BCUT2D eigenvalue weighted by Gasteiger charge is 2.44. The maximum absolute atomic E-state index is 12.9. The van der Waals surface area contributed by atoms with Gasteiger partial charge in [-0.15, -0.1) is 0 Å². The van der Waals surface area contributed by atoms with Crippen molar-refractivity contribution >= 4 is 5.91 Å². The minimum atomic E-state index is -4.85. The molecule has 2 aromatic carbocycles. The number of carbonyl (C=O) groups excluding carboxylic acids is 1. The Morgan fingerprint density at radius 1 is 1.15 bits per heavy atom. The van der Waals surface area contributed by atoms with Crippen LogP contribution in [0.4, 0.5) is 13.2 Å². The van der Waals surface area contributed by atoms with Crippen LogP contribution in [0.1, 0.15) is 18.1 Å². The van der Waals surface area contributed by atoms with Crippen LogP contribution < -0.4 is 4.74 Å². The van der Waals surface area contributed by atoms with Crippen molar-refractivity contribution in [3.8, 4) is 16.9 Å². The molecular weight excluding hydrogens is 343 g/mol. The van der Waals surface area contributed by atoms with Crippen molar-refractivity contribution in [2.75, 3.05) is 13.7 Å². The summed E-state index contributed by atoms with van der Waals surface area (Å²) in [6, 6.07) is 13.0. The third-order valence-electron chi connectivity index (χ3n) is 4.78. The summed E-state index contributed by atoms with van der Waals surface area (Å²) in [6.07, 6.45) is -4.11. The predicted molar refractivity (Wildman–Crippen MR) is 93.1 cm³/mol. The molecule has 2 aromatic rings. The van der Waals surface area contributed by atoms with E-state index in [1.54, 1.807) is 14.0 Å². The van der Waals surface area contributed by atoms with Crippen LogP contribution in [0, 0.1) is 0 Å². The van der Waals surface area contributed by atoms with Gasteiger partial charge in [0.15, 0.2) is 0 Å². The molecular formula is C20H20F3NO2. The monoisotopic (exact) mass is 363 g/mol. The quantitative estimate of drug-likeness (QED) is 0.799. The molecule has 3 rings (SSSR count). The van der Waals surface area contributed by atoms with Crippen LogP contribution in [0.5, 0.6) is 5.75 Å². The first-order valence-electron chi connectivity index (χ1n) is 8.44. The van der Waals surface area contributed by atoms with Crippen LogP contribution in [0.15, 0.2) is 42.5 Å². The molecule has 0 aliphatic carbocycles. The minimum absolute atomic E-state index is 0.0420. The van der Waals surface area contributed by atoms with Crippen LogP contribution in [-0.4, -0.2) is 36.7 Å². The zero-order chi connectivity index (χ0) is 18.9. The summed E-state index contributed by atoms with van der Waals surface area (Å²) in [6.45, 7) is 1.70. The molecule has 26 heavy (non-hydrogen) atoms. The van der Waals surface area contributed by atoms with E-state index in [4.69, 9.17) is 4.74 Å². The Labute approximate surface area is 150 Å². The molecule has 1 atom stereocenters. The summed E-state index contributed by atoms with van der Waals surface area (Å²) in [4.78, 5) is 12.6. The Morgan fingerprint density at radius 2 is 1.85 bits per heavy atom. The number of nitrogens with zero attached hydrogens (tertiary/aromatic N) is 1. The molecule has 6 heteroatoms. The zero-order valence-electron chi connectivity index (χ0n) is 14.6. The number of rotatable bonds is 2. The van der Waals surface area contributed by atoms with Crippen molar-refractivity contribution in [3.63, 3.8) is 0 Å². The summed E-state index contributed by atoms with van der Waals surface area (Å²) in [7, 11) is 1.58. The lowest BCUT2D eigenvalue weighted by atomic mass is 9.94. The van der Waals surface area contributed by atoms with Crippen molar-refractivity contribution in [1.29, 1.82) is 0 Å². The van der Waals surface area contributed by atoms with E-state index in [1.807, 2.05) is 42.5 Å². The van der Waals surface area contributed by atoms with E-state index in [2.05, 4.69) is 0 Å². The van der Waals surface area contributed by atoms with Crippen molar-refractivity contribution in [3.05, 3.63) is 53.6 Å². The molecule has 0 N–H and O–H groups in total. The van der Waals surface area contributed by atoms with E-state index in [0.717, 1.165) is 27.2 Å². The number of methoxy groups -OCH3 is 1. The predicted octanol–water partition coefficient (Wildman–Crippen LogP) is 4.24. The highest BCUT2D eigenvalue weighted by molar-refractivity contribution is 5.82. The Balaban J connectivity index is 1.98. The van der Waals surface area contributed by atoms with Gasteiger partial charge < -0.3 is 9.64 Å². The molecule has 0 saturated heterocycles. The summed E-state index contributed by atoms with van der Waals surface area (Å²) in [5.74, 6) is -1.09. The van der Waals surface area contributed by atoms with E-state index in [0.29, 0.717) is 18.6 Å². The number of carbonyl (C=O) groups is 1. The normalized spacial score (nSPS) is 17.4. The molecule has 0 saturated carbocycles. The van der Waals surface area contributed by atoms with Crippen molar-refractivity contribution in [1.82, 2.24) is 4.90 Å². The lowest BCUT2D eigenvalue weighted by molar-refractivity contribution is -0.187. The summed E-state index contributed by atoms with van der Waals surface area (Å²) in [5.41, 5.74) is 3.75. The van der Waals surface area contributed by atoms with Crippen molar-refractivity contribution < 1.29 is 22.7 Å². The van der Waals surface area contributed by atoms with Gasteiger partial charge >= 0.3 is 12.1 Å². The van der Waals surface area contributed by atoms with E-state index < -0.39 is 18.1 Å². The van der Waals surface area contributed by atoms with Gasteiger partial charge in [-0.3, -0.25) is 4.79 Å². The number of fused-ring (bicyclic) bond motifs is 1. The molecule has 0 fully saturated rings. The van der Waals surface area contributed by atoms with Gasteiger partial charge in [0.2, 0.25) is 0 Å². The van der Waals surface area contributed by atoms with Gasteiger partial charge in [-0.25, -0.2) is 0 Å². The maximum Gasteiger partial charge on any atom is 0.471 e. The number of hydrogen-bond donors (Lipinski definition) is 0. The molecule has 1 amide bonds. The lowest BCUT2D eigenvalue weighted by Gasteiger charge is -2.27. The first-order chi connectivity index (χ1) is 12.3. The maximum atomic E-state index is 12.9.